The van der Waals surface area contributed by atoms with E-state index in [0.29, 0.717) is 0 Å². The number of ether oxygens (including phenoxy) is 3. The van der Waals surface area contributed by atoms with Gasteiger partial charge >= 0.3 is 6.01 Å². The summed E-state index contributed by atoms with van der Waals surface area (Å²) in [6, 6.07) is 5.47. The van der Waals surface area contributed by atoms with Gasteiger partial charge in [0.15, 0.2) is 0 Å². The lowest BCUT2D eigenvalue weighted by Crippen LogP contribution is -2.29. The van der Waals surface area contributed by atoms with Gasteiger partial charge in [-0.1, -0.05) is 11.6 Å². The summed E-state index contributed by atoms with van der Waals surface area (Å²) >= 11 is 6.01. The number of rotatable bonds is 6. The smallest absolute Gasteiger partial charge is 0.328 e. The van der Waals surface area contributed by atoms with E-state index in [1.165, 1.54) is 38.5 Å². The Balaban J connectivity index is 2.25. The molecule has 1 amide bonds. The Bertz CT molecular complexity index is 881. The van der Waals surface area contributed by atoms with Crippen LogP contribution in [0, 0.1) is 0 Å². The van der Waals surface area contributed by atoms with Gasteiger partial charge in [0.25, 0.3) is 5.91 Å². The van der Waals surface area contributed by atoms with Crippen molar-refractivity contribution in [1.29, 1.82) is 0 Å². The van der Waals surface area contributed by atoms with Crippen LogP contribution in [0.4, 0.5) is 0 Å². The van der Waals surface area contributed by atoms with Gasteiger partial charge in [0.1, 0.15) is 5.75 Å². The molecule has 0 aliphatic heterocycles. The molecule has 0 unspecified atom stereocenters. The van der Waals surface area contributed by atoms with Crippen LogP contribution in [0.3, 0.4) is 0 Å². The van der Waals surface area contributed by atoms with Crippen LogP contribution in [-0.4, -0.2) is 44.8 Å². The molecular weight excluding hydrogens is 374 g/mol. The maximum atomic E-state index is 11.8. The van der Waals surface area contributed by atoms with E-state index in [2.05, 4.69) is 9.97 Å². The summed E-state index contributed by atoms with van der Waals surface area (Å²) in [7, 11) is -0.843. The molecule has 1 aromatic carbocycles. The Morgan fingerprint density at radius 3 is 2.20 bits per heavy atom. The molecule has 0 bridgehead atoms. The van der Waals surface area contributed by atoms with Crippen LogP contribution in [0.1, 0.15) is 10.4 Å². The molecule has 0 fully saturated rings. The third kappa shape index (κ3) is 5.19. The normalized spacial score (nSPS) is 10.9. The summed E-state index contributed by atoms with van der Waals surface area (Å²) in [4.78, 5) is 19.8. The second-order valence-corrected chi connectivity index (χ2v) is 6.84. The summed E-state index contributed by atoms with van der Waals surface area (Å²) in [5.41, 5.74) is -0.0245. The van der Waals surface area contributed by atoms with Gasteiger partial charge < -0.3 is 14.2 Å². The van der Waals surface area contributed by atoms with Gasteiger partial charge in [-0.3, -0.25) is 4.79 Å². The summed E-state index contributed by atoms with van der Waals surface area (Å²) in [5.74, 6) is -0.149. The van der Waals surface area contributed by atoms with Crippen molar-refractivity contribution in [2.75, 3.05) is 20.5 Å². The average Bonchev–Trinajstić information content (AvgIpc) is 2.52. The zero-order valence-electron chi connectivity index (χ0n) is 13.4. The molecule has 0 atom stereocenters. The molecule has 9 nitrogen and oxygen atoms in total. The number of carbonyl (C=O) groups excluding carboxylic acids is 1. The van der Waals surface area contributed by atoms with Crippen LogP contribution in [0.2, 0.25) is 5.02 Å². The van der Waals surface area contributed by atoms with E-state index in [1.54, 1.807) is 0 Å². The average molecular weight is 388 g/mol. The van der Waals surface area contributed by atoms with E-state index in [4.69, 9.17) is 25.8 Å². The zero-order valence-corrected chi connectivity index (χ0v) is 15.0. The first-order chi connectivity index (χ1) is 11.7. The minimum Gasteiger partial charge on any atom is -0.481 e. The lowest BCUT2D eigenvalue weighted by Gasteiger charge is -2.09. The highest BCUT2D eigenvalue weighted by atomic mass is 35.5. The van der Waals surface area contributed by atoms with Crippen molar-refractivity contribution in [1.82, 2.24) is 14.7 Å². The molecule has 2 rings (SSSR count). The predicted molar refractivity (Wildman–Crippen MR) is 89.0 cm³/mol. The van der Waals surface area contributed by atoms with E-state index in [0.717, 1.165) is 6.26 Å². The van der Waals surface area contributed by atoms with Gasteiger partial charge in [0.2, 0.25) is 21.8 Å². The minimum atomic E-state index is -3.70. The number of hydrogen-bond donors (Lipinski definition) is 1. The van der Waals surface area contributed by atoms with E-state index >= 15 is 0 Å². The van der Waals surface area contributed by atoms with Crippen molar-refractivity contribution in [2.45, 2.75) is 0 Å². The van der Waals surface area contributed by atoms with Crippen LogP contribution in [0.15, 0.2) is 24.3 Å². The second kappa shape index (κ2) is 7.53. The largest absolute Gasteiger partial charge is 0.481 e. The van der Waals surface area contributed by atoms with Crippen molar-refractivity contribution >= 4 is 27.5 Å². The molecule has 0 aliphatic rings. The predicted octanol–water partition coefficient (Wildman–Crippen LogP) is 1.63. The summed E-state index contributed by atoms with van der Waals surface area (Å²) in [5, 5.41) is -0.00601. The second-order valence-electron chi connectivity index (χ2n) is 4.68. The van der Waals surface area contributed by atoms with E-state index in [1.807, 2.05) is 4.72 Å². The fraction of sp³-hybridized carbons (Fsp3) is 0.214. The maximum Gasteiger partial charge on any atom is 0.328 e. The van der Waals surface area contributed by atoms with Gasteiger partial charge in [-0.2, -0.15) is 9.97 Å². The van der Waals surface area contributed by atoms with Gasteiger partial charge in [-0.15, -0.1) is 0 Å². The Morgan fingerprint density at radius 1 is 1.12 bits per heavy atom. The van der Waals surface area contributed by atoms with Gasteiger partial charge in [0.05, 0.1) is 37.1 Å². The number of carbonyl (C=O) groups is 1. The van der Waals surface area contributed by atoms with Gasteiger partial charge in [-0.25, -0.2) is 13.1 Å². The number of hydrogen-bond acceptors (Lipinski definition) is 8. The molecule has 0 radical (unpaired) electrons. The van der Waals surface area contributed by atoms with E-state index < -0.39 is 15.9 Å². The number of amides is 1. The maximum absolute atomic E-state index is 11.8. The Morgan fingerprint density at radius 2 is 1.72 bits per heavy atom. The minimum absolute atomic E-state index is 0.00601. The molecule has 11 heteroatoms. The van der Waals surface area contributed by atoms with Gasteiger partial charge in [0, 0.05) is 6.07 Å². The highest BCUT2D eigenvalue weighted by Crippen LogP contribution is 2.27. The topological polar surface area (TPSA) is 117 Å². The Hall–Kier alpha value is -2.59. The monoisotopic (exact) mass is 387 g/mol. The van der Waals surface area contributed by atoms with Crippen LogP contribution in [-0.2, 0) is 10.0 Å². The first kappa shape index (κ1) is 18.7. The van der Waals surface area contributed by atoms with Crippen LogP contribution in [0.25, 0.3) is 0 Å². The molecule has 1 heterocycles. The Labute approximate surface area is 149 Å². The first-order valence-corrected chi connectivity index (χ1v) is 8.95. The number of halogens is 1. The zero-order chi connectivity index (χ0) is 18.6. The number of nitrogens with one attached hydrogen (secondary N) is 1. The van der Waals surface area contributed by atoms with Crippen molar-refractivity contribution in [2.24, 2.45) is 0 Å². The number of benzene rings is 1. The molecule has 2 aromatic rings. The number of sulfonamides is 1. The van der Waals surface area contributed by atoms with Crippen molar-refractivity contribution in [3.05, 3.63) is 34.9 Å². The van der Waals surface area contributed by atoms with E-state index in [-0.39, 0.29) is 34.1 Å². The first-order valence-electron chi connectivity index (χ1n) is 6.68. The van der Waals surface area contributed by atoms with Crippen molar-refractivity contribution in [3.8, 4) is 23.5 Å². The fourth-order valence-corrected chi connectivity index (χ4v) is 2.41. The molecular formula is C14H14ClN3O6S. The third-order valence-corrected chi connectivity index (χ3v) is 3.62. The lowest BCUT2D eigenvalue weighted by atomic mass is 10.2. The standard InChI is InChI=1S/C14H14ClN3O6S/c1-22-11-7-12(23-2)17-14(16-11)24-8-4-5-9(10(15)6-8)13(19)18-25(3,20)21/h4-7H,1-3H3,(H,18,19). The number of methoxy groups -OCH3 is 2. The quantitative estimate of drug-likeness (QED) is 0.794. The molecule has 25 heavy (non-hydrogen) atoms. The van der Waals surface area contributed by atoms with E-state index in [9.17, 15) is 13.2 Å². The third-order valence-electron chi connectivity index (χ3n) is 2.75. The highest BCUT2D eigenvalue weighted by molar-refractivity contribution is 7.89. The lowest BCUT2D eigenvalue weighted by molar-refractivity contribution is 0.0982. The summed E-state index contributed by atoms with van der Waals surface area (Å²) in [6.45, 7) is 0. The molecule has 0 spiro atoms. The van der Waals surface area contributed by atoms with Gasteiger partial charge in [-0.05, 0) is 12.1 Å². The van der Waals surface area contributed by atoms with Crippen LogP contribution in [0.5, 0.6) is 23.5 Å². The molecule has 0 saturated carbocycles. The highest BCUT2D eigenvalue weighted by Gasteiger charge is 2.16. The SMILES string of the molecule is COc1cc(OC)nc(Oc2ccc(C(=O)NS(C)(=O)=O)c(Cl)c2)n1. The number of aromatic nitrogens is 2. The molecule has 1 N–H and O–H groups in total. The molecule has 134 valence electrons. The molecule has 0 aliphatic carbocycles. The number of nitrogens with zero attached hydrogens (tertiary/aromatic N) is 2. The fourth-order valence-electron chi connectivity index (χ4n) is 1.71. The molecule has 0 saturated heterocycles. The summed E-state index contributed by atoms with van der Waals surface area (Å²) in [6.07, 6.45) is 0.865. The summed E-state index contributed by atoms with van der Waals surface area (Å²) < 4.78 is 39.5. The molecule has 1 aromatic heterocycles. The van der Waals surface area contributed by atoms with Crippen LogP contribution >= 0.6 is 11.6 Å². The van der Waals surface area contributed by atoms with Crippen LogP contribution < -0.4 is 18.9 Å². The Kier molecular flexibility index (Phi) is 5.65. The van der Waals surface area contributed by atoms with Crippen molar-refractivity contribution < 1.29 is 27.4 Å². The van der Waals surface area contributed by atoms with Crippen molar-refractivity contribution in [3.63, 3.8) is 0 Å².